The van der Waals surface area contributed by atoms with Crippen molar-refractivity contribution in [2.75, 3.05) is 33.2 Å². The molecule has 1 aliphatic heterocycles. The third-order valence-corrected chi connectivity index (χ3v) is 2.85. The number of carbonyl (C=O) groups excluding carboxylic acids is 1. The van der Waals surface area contributed by atoms with Gasteiger partial charge in [0.1, 0.15) is 0 Å². The summed E-state index contributed by atoms with van der Waals surface area (Å²) in [6.45, 7) is 5.61. The molecule has 0 amide bonds. The molecule has 1 fully saturated rings. The topological polar surface area (TPSA) is 46.6 Å². The first-order valence-corrected chi connectivity index (χ1v) is 5.28. The minimum absolute atomic E-state index is 0. The second kappa shape index (κ2) is 7.29. The number of aliphatic carboxylic acids is 1. The Morgan fingerprint density at radius 1 is 1.33 bits per heavy atom. The molecule has 0 saturated carbocycles. The van der Waals surface area contributed by atoms with E-state index in [-0.39, 0.29) is 18.9 Å². The summed E-state index contributed by atoms with van der Waals surface area (Å²) in [5.74, 6) is -0.933. The summed E-state index contributed by atoms with van der Waals surface area (Å²) in [5, 5.41) is 10.9. The maximum absolute atomic E-state index is 10.9. The van der Waals surface area contributed by atoms with E-state index in [1.54, 1.807) is 0 Å². The molecule has 0 aliphatic carbocycles. The second-order valence-electron chi connectivity index (χ2n) is 3.94. The minimum Gasteiger partial charge on any atom is -0.548 e. The molecule has 1 atom stereocenters. The number of hydrogen-bond acceptors (Lipinski definition) is 4. The SMILES string of the molecule is CCC(C(=O)[O-])N1CCCN(C)CC1.[Li+]. The maximum atomic E-state index is 10.9. The molecule has 1 heterocycles. The van der Waals surface area contributed by atoms with Crippen LogP contribution in [-0.4, -0.2) is 55.0 Å². The summed E-state index contributed by atoms with van der Waals surface area (Å²) in [4.78, 5) is 15.1. The number of likely N-dealkylation sites (N-methyl/N-ethyl adjacent to an activating group) is 1. The molecular formula is C10H19LiN2O2. The van der Waals surface area contributed by atoms with Gasteiger partial charge in [-0.05, 0) is 26.4 Å². The van der Waals surface area contributed by atoms with E-state index in [0.29, 0.717) is 6.42 Å². The zero-order chi connectivity index (χ0) is 10.6. The van der Waals surface area contributed by atoms with Crippen LogP contribution in [0, 0.1) is 0 Å². The van der Waals surface area contributed by atoms with Gasteiger partial charge in [0.2, 0.25) is 0 Å². The Hall–Kier alpha value is -0.0126. The first-order valence-electron chi connectivity index (χ1n) is 5.28. The molecule has 0 N–H and O–H groups in total. The molecule has 1 saturated heterocycles. The fourth-order valence-electron chi connectivity index (χ4n) is 1.95. The van der Waals surface area contributed by atoms with Gasteiger partial charge in [0.05, 0.1) is 5.97 Å². The summed E-state index contributed by atoms with van der Waals surface area (Å²) in [7, 11) is 2.07. The number of nitrogens with zero attached hydrogens (tertiary/aromatic N) is 2. The normalized spacial score (nSPS) is 21.5. The first kappa shape index (κ1) is 15.0. The van der Waals surface area contributed by atoms with Crippen molar-refractivity contribution < 1.29 is 28.8 Å². The van der Waals surface area contributed by atoms with Crippen LogP contribution in [0.25, 0.3) is 0 Å². The molecule has 82 valence electrons. The third kappa shape index (κ3) is 4.56. The van der Waals surface area contributed by atoms with Crippen LogP contribution in [0.2, 0.25) is 0 Å². The number of carboxylic acid groups (broad SMARTS) is 1. The fraction of sp³-hybridized carbons (Fsp3) is 0.900. The van der Waals surface area contributed by atoms with Crippen molar-refractivity contribution in [1.82, 2.24) is 9.80 Å². The van der Waals surface area contributed by atoms with Gasteiger partial charge in [0.15, 0.2) is 0 Å². The molecule has 1 rings (SSSR count). The third-order valence-electron chi connectivity index (χ3n) is 2.85. The minimum atomic E-state index is -0.933. The van der Waals surface area contributed by atoms with Gasteiger partial charge in [-0.15, -0.1) is 0 Å². The van der Waals surface area contributed by atoms with Crippen molar-refractivity contribution in [1.29, 1.82) is 0 Å². The zero-order valence-corrected chi connectivity index (χ0v) is 10.0. The number of carboxylic acids is 1. The van der Waals surface area contributed by atoms with Crippen molar-refractivity contribution in [2.45, 2.75) is 25.8 Å². The van der Waals surface area contributed by atoms with Crippen molar-refractivity contribution in [2.24, 2.45) is 0 Å². The molecule has 1 unspecified atom stereocenters. The van der Waals surface area contributed by atoms with Crippen molar-refractivity contribution in [3.63, 3.8) is 0 Å². The van der Waals surface area contributed by atoms with Gasteiger partial charge in [0, 0.05) is 25.7 Å². The van der Waals surface area contributed by atoms with E-state index in [9.17, 15) is 9.90 Å². The Morgan fingerprint density at radius 3 is 2.53 bits per heavy atom. The molecule has 0 aromatic carbocycles. The van der Waals surface area contributed by atoms with Gasteiger partial charge in [-0.25, -0.2) is 0 Å². The van der Waals surface area contributed by atoms with Crippen LogP contribution in [0.4, 0.5) is 0 Å². The monoisotopic (exact) mass is 206 g/mol. The van der Waals surface area contributed by atoms with E-state index in [0.717, 1.165) is 32.6 Å². The molecule has 4 nitrogen and oxygen atoms in total. The van der Waals surface area contributed by atoms with E-state index >= 15 is 0 Å². The van der Waals surface area contributed by atoms with Crippen molar-refractivity contribution in [3.8, 4) is 0 Å². The van der Waals surface area contributed by atoms with Gasteiger partial charge in [-0.3, -0.25) is 4.90 Å². The molecule has 1 aliphatic rings. The van der Waals surface area contributed by atoms with Crippen LogP contribution >= 0.6 is 0 Å². The summed E-state index contributed by atoms with van der Waals surface area (Å²) in [5.41, 5.74) is 0. The summed E-state index contributed by atoms with van der Waals surface area (Å²) in [6, 6.07) is -0.401. The summed E-state index contributed by atoms with van der Waals surface area (Å²) < 4.78 is 0. The summed E-state index contributed by atoms with van der Waals surface area (Å²) in [6.07, 6.45) is 1.67. The average Bonchev–Trinajstić information content (AvgIpc) is 2.32. The van der Waals surface area contributed by atoms with Crippen LogP contribution in [0.1, 0.15) is 19.8 Å². The smallest absolute Gasteiger partial charge is 0.548 e. The molecule has 0 aromatic rings. The van der Waals surface area contributed by atoms with Crippen molar-refractivity contribution >= 4 is 5.97 Å². The number of rotatable bonds is 3. The Balaban J connectivity index is 0.00000196. The quantitative estimate of drug-likeness (QED) is 0.444. The Morgan fingerprint density at radius 2 is 2.00 bits per heavy atom. The fourth-order valence-corrected chi connectivity index (χ4v) is 1.95. The average molecular weight is 206 g/mol. The van der Waals surface area contributed by atoms with E-state index in [4.69, 9.17) is 0 Å². The number of hydrogen-bond donors (Lipinski definition) is 0. The van der Waals surface area contributed by atoms with Crippen LogP contribution in [-0.2, 0) is 4.79 Å². The van der Waals surface area contributed by atoms with Gasteiger partial charge < -0.3 is 14.8 Å². The molecular weight excluding hydrogens is 187 g/mol. The van der Waals surface area contributed by atoms with Gasteiger partial charge in [0.25, 0.3) is 0 Å². The molecule has 0 spiro atoms. The molecule has 5 heteroatoms. The van der Waals surface area contributed by atoms with Crippen LogP contribution in [0.15, 0.2) is 0 Å². The Bertz CT molecular complexity index is 202. The first-order chi connectivity index (χ1) is 6.65. The molecule has 0 radical (unpaired) electrons. The van der Waals surface area contributed by atoms with Crippen LogP contribution in [0.5, 0.6) is 0 Å². The molecule has 15 heavy (non-hydrogen) atoms. The largest absolute Gasteiger partial charge is 1.00 e. The predicted molar refractivity (Wildman–Crippen MR) is 52.8 cm³/mol. The van der Waals surface area contributed by atoms with E-state index < -0.39 is 12.0 Å². The van der Waals surface area contributed by atoms with Gasteiger partial charge >= 0.3 is 18.9 Å². The maximum Gasteiger partial charge on any atom is 1.00 e. The predicted octanol–water partition coefficient (Wildman–Crippen LogP) is -3.84. The van der Waals surface area contributed by atoms with E-state index in [2.05, 4.69) is 11.9 Å². The Labute approximate surface area is 104 Å². The van der Waals surface area contributed by atoms with E-state index in [1.807, 2.05) is 11.8 Å². The zero-order valence-electron chi connectivity index (χ0n) is 10.0. The van der Waals surface area contributed by atoms with E-state index in [1.165, 1.54) is 0 Å². The van der Waals surface area contributed by atoms with Crippen molar-refractivity contribution in [3.05, 3.63) is 0 Å². The van der Waals surface area contributed by atoms with Gasteiger partial charge in [-0.1, -0.05) is 6.92 Å². The molecule has 0 aromatic heterocycles. The van der Waals surface area contributed by atoms with Crippen LogP contribution in [0.3, 0.4) is 0 Å². The van der Waals surface area contributed by atoms with Crippen LogP contribution < -0.4 is 24.0 Å². The summed E-state index contributed by atoms with van der Waals surface area (Å²) >= 11 is 0. The second-order valence-corrected chi connectivity index (χ2v) is 3.94. The molecule has 0 bridgehead atoms. The number of carbonyl (C=O) groups is 1. The standard InChI is InChI=1S/C10H20N2O2.Li/c1-3-9(10(13)14)12-6-4-5-11(2)7-8-12;/h9H,3-8H2,1-2H3,(H,13,14);/q;+1/p-1. The Kier molecular flexibility index (Phi) is 7.29. The van der Waals surface area contributed by atoms with Gasteiger partial charge in [-0.2, -0.15) is 0 Å².